The van der Waals surface area contributed by atoms with Crippen LogP contribution < -0.4 is 24.8 Å². The number of hydrogen-bond acceptors (Lipinski definition) is 8. The maximum atomic E-state index is 12.6. The van der Waals surface area contributed by atoms with Gasteiger partial charge in [-0.05, 0) is 68.4 Å². The quantitative estimate of drug-likeness (QED) is 0.588. The fourth-order valence-electron chi connectivity index (χ4n) is 6.50. The van der Waals surface area contributed by atoms with Gasteiger partial charge in [-0.25, -0.2) is 0 Å². The van der Waals surface area contributed by atoms with E-state index in [-0.39, 0.29) is 17.9 Å². The van der Waals surface area contributed by atoms with E-state index >= 15 is 0 Å². The van der Waals surface area contributed by atoms with Crippen LogP contribution in [0, 0.1) is 17.8 Å². The van der Waals surface area contributed by atoms with Gasteiger partial charge in [-0.2, -0.15) is 0 Å². The van der Waals surface area contributed by atoms with Crippen LogP contribution in [0.4, 0.5) is 5.13 Å². The summed E-state index contributed by atoms with van der Waals surface area (Å²) < 4.78 is 15.9. The highest BCUT2D eigenvalue weighted by Gasteiger charge is 2.53. The van der Waals surface area contributed by atoms with Crippen LogP contribution in [0.1, 0.15) is 53.9 Å². The lowest BCUT2D eigenvalue weighted by molar-refractivity contribution is -0.115. The highest BCUT2D eigenvalue weighted by atomic mass is 32.1. The molecule has 0 saturated heterocycles. The Bertz CT molecular complexity index is 1040. The number of ether oxygens (including phenoxy) is 3. The summed E-state index contributed by atoms with van der Waals surface area (Å²) in [7, 11) is 4.45. The Kier molecular flexibility index (Phi) is 6.09. The zero-order chi connectivity index (χ0) is 23.9. The lowest BCUT2D eigenvalue weighted by Crippen LogP contribution is -2.48. The van der Waals surface area contributed by atoms with Crippen molar-refractivity contribution in [1.82, 2.24) is 15.5 Å². The van der Waals surface area contributed by atoms with Gasteiger partial charge in [0.05, 0.1) is 27.9 Å². The van der Waals surface area contributed by atoms with E-state index in [2.05, 4.69) is 20.8 Å². The molecule has 9 nitrogen and oxygen atoms in total. The Morgan fingerprint density at radius 3 is 2.09 bits per heavy atom. The molecule has 2 aromatic rings. The summed E-state index contributed by atoms with van der Waals surface area (Å²) in [5, 5.41) is 15.7. The number of carbonyl (C=O) groups excluding carboxylic acids is 2. The van der Waals surface area contributed by atoms with Gasteiger partial charge in [0.25, 0.3) is 5.91 Å². The number of methoxy groups -OCH3 is 3. The van der Waals surface area contributed by atoms with E-state index in [0.717, 1.165) is 22.8 Å². The van der Waals surface area contributed by atoms with Crippen molar-refractivity contribution in [3.8, 4) is 17.2 Å². The molecule has 0 atom stereocenters. The average molecular weight is 487 g/mol. The maximum Gasteiger partial charge on any atom is 0.251 e. The van der Waals surface area contributed by atoms with Crippen LogP contribution in [0.3, 0.4) is 0 Å². The number of amides is 2. The van der Waals surface area contributed by atoms with E-state index < -0.39 is 5.91 Å². The molecule has 2 N–H and O–H groups in total. The molecule has 1 heterocycles. The Labute approximate surface area is 202 Å². The van der Waals surface area contributed by atoms with Gasteiger partial charge in [-0.3, -0.25) is 14.9 Å². The van der Waals surface area contributed by atoms with Gasteiger partial charge in [0.1, 0.15) is 5.01 Å². The van der Waals surface area contributed by atoms with Crippen LogP contribution in [-0.2, 0) is 10.2 Å². The maximum absolute atomic E-state index is 12.6. The SMILES string of the molecule is COc1cc(C(=O)NCC(=O)Nc2nnc(C34CC5CC(CC(C5)C3)C4)s2)cc(OC)c1OC. The van der Waals surface area contributed by atoms with Crippen molar-refractivity contribution in [1.29, 1.82) is 0 Å². The number of anilines is 1. The molecule has 4 aliphatic rings. The predicted octanol–water partition coefficient (Wildman–Crippen LogP) is 3.40. The van der Waals surface area contributed by atoms with Gasteiger partial charge < -0.3 is 19.5 Å². The van der Waals surface area contributed by atoms with Crippen molar-refractivity contribution < 1.29 is 23.8 Å². The fourth-order valence-corrected chi connectivity index (χ4v) is 7.48. The highest BCUT2D eigenvalue weighted by Crippen LogP contribution is 2.61. The minimum absolute atomic E-state index is 0.149. The molecular weight excluding hydrogens is 456 g/mol. The lowest BCUT2D eigenvalue weighted by atomic mass is 9.50. The third-order valence-corrected chi connectivity index (χ3v) is 8.58. The number of nitrogens with zero attached hydrogens (tertiary/aromatic N) is 2. The molecule has 6 rings (SSSR count). The van der Waals surface area contributed by atoms with E-state index in [1.165, 1.54) is 83.3 Å². The predicted molar refractivity (Wildman–Crippen MR) is 127 cm³/mol. The minimum Gasteiger partial charge on any atom is -0.493 e. The molecular formula is C24H30N4O5S. The largest absolute Gasteiger partial charge is 0.493 e. The summed E-state index contributed by atoms with van der Waals surface area (Å²) in [6, 6.07) is 3.08. The third kappa shape index (κ3) is 4.19. The smallest absolute Gasteiger partial charge is 0.251 e. The second-order valence-corrected chi connectivity index (χ2v) is 10.7. The van der Waals surface area contributed by atoms with Gasteiger partial charge in [0.2, 0.25) is 16.8 Å². The van der Waals surface area contributed by atoms with Crippen molar-refractivity contribution in [2.24, 2.45) is 17.8 Å². The first kappa shape index (κ1) is 22.9. The number of aromatic nitrogens is 2. The first-order valence-electron chi connectivity index (χ1n) is 11.6. The Balaban J connectivity index is 1.20. The fraction of sp³-hybridized carbons (Fsp3) is 0.583. The van der Waals surface area contributed by atoms with Gasteiger partial charge in [0.15, 0.2) is 11.5 Å². The molecule has 4 aliphatic carbocycles. The molecule has 0 unspecified atom stereocenters. The molecule has 182 valence electrons. The minimum atomic E-state index is -0.430. The van der Waals surface area contributed by atoms with Crippen molar-refractivity contribution >= 4 is 28.3 Å². The number of nitrogens with one attached hydrogen (secondary N) is 2. The molecule has 34 heavy (non-hydrogen) atoms. The molecule has 1 aromatic heterocycles. The van der Waals surface area contributed by atoms with Crippen molar-refractivity contribution in [3.05, 3.63) is 22.7 Å². The van der Waals surface area contributed by atoms with Gasteiger partial charge in [-0.1, -0.05) is 11.3 Å². The molecule has 0 radical (unpaired) electrons. The van der Waals surface area contributed by atoms with E-state index in [1.54, 1.807) is 0 Å². The van der Waals surface area contributed by atoms with E-state index in [9.17, 15) is 9.59 Å². The molecule has 4 bridgehead atoms. The monoisotopic (exact) mass is 486 g/mol. The standard InChI is InChI=1S/C24H30N4O5S/c1-31-17-7-16(8-18(32-2)20(17)33-3)21(30)25-12-19(29)26-23-28-27-22(34-23)24-9-13-4-14(10-24)6-15(5-13)11-24/h7-8,13-15H,4-6,9-12H2,1-3H3,(H,25,30)(H,26,28,29). The molecule has 0 aliphatic heterocycles. The second kappa shape index (κ2) is 9.05. The van der Waals surface area contributed by atoms with Crippen LogP contribution in [0.5, 0.6) is 17.2 Å². The lowest BCUT2D eigenvalue weighted by Gasteiger charge is -2.55. The first-order valence-corrected chi connectivity index (χ1v) is 12.5. The normalized spacial score (nSPS) is 26.7. The summed E-state index contributed by atoms with van der Waals surface area (Å²) in [4.78, 5) is 25.1. The van der Waals surface area contributed by atoms with Crippen LogP contribution in [0.15, 0.2) is 12.1 Å². The van der Waals surface area contributed by atoms with Crippen LogP contribution in [0.25, 0.3) is 0 Å². The summed E-state index contributed by atoms with van der Waals surface area (Å²) in [5.41, 5.74) is 0.443. The van der Waals surface area contributed by atoms with Gasteiger partial charge in [0, 0.05) is 11.0 Å². The summed E-state index contributed by atoms with van der Waals surface area (Å²) >= 11 is 1.48. The number of hydrogen-bond donors (Lipinski definition) is 2. The third-order valence-electron chi connectivity index (χ3n) is 7.50. The summed E-state index contributed by atoms with van der Waals surface area (Å²) in [5.74, 6) is 2.79. The topological polar surface area (TPSA) is 112 Å². The van der Waals surface area contributed by atoms with E-state index in [4.69, 9.17) is 14.2 Å². The Hall–Kier alpha value is -2.88. The van der Waals surface area contributed by atoms with Crippen molar-refractivity contribution in [2.75, 3.05) is 33.2 Å². The van der Waals surface area contributed by atoms with Crippen molar-refractivity contribution in [3.63, 3.8) is 0 Å². The first-order chi connectivity index (χ1) is 16.4. The van der Waals surface area contributed by atoms with Gasteiger partial charge >= 0.3 is 0 Å². The van der Waals surface area contributed by atoms with E-state index in [0.29, 0.717) is 27.9 Å². The van der Waals surface area contributed by atoms with Crippen molar-refractivity contribution in [2.45, 2.75) is 43.9 Å². The second-order valence-electron chi connectivity index (χ2n) is 9.76. The van der Waals surface area contributed by atoms with Crippen LogP contribution >= 0.6 is 11.3 Å². The molecule has 1 aromatic carbocycles. The Morgan fingerprint density at radius 2 is 1.56 bits per heavy atom. The molecule has 2 amide bonds. The average Bonchev–Trinajstić information content (AvgIpc) is 3.30. The summed E-state index contributed by atoms with van der Waals surface area (Å²) in [6.07, 6.45) is 7.71. The summed E-state index contributed by atoms with van der Waals surface area (Å²) in [6.45, 7) is -0.193. The molecule has 0 spiro atoms. The molecule has 4 fully saturated rings. The Morgan fingerprint density at radius 1 is 0.971 bits per heavy atom. The van der Waals surface area contributed by atoms with Gasteiger partial charge in [-0.15, -0.1) is 10.2 Å². The zero-order valence-corrected chi connectivity index (χ0v) is 20.5. The zero-order valence-electron chi connectivity index (χ0n) is 19.7. The highest BCUT2D eigenvalue weighted by molar-refractivity contribution is 7.15. The van der Waals surface area contributed by atoms with Crippen LogP contribution in [0.2, 0.25) is 0 Å². The van der Waals surface area contributed by atoms with E-state index in [1.807, 2.05) is 0 Å². The molecule has 4 saturated carbocycles. The number of rotatable bonds is 8. The number of carbonyl (C=O) groups is 2. The van der Waals surface area contributed by atoms with Crippen LogP contribution in [-0.4, -0.2) is 49.9 Å². The molecule has 10 heteroatoms. The number of benzene rings is 1.